The third-order valence-corrected chi connectivity index (χ3v) is 12.2. The first-order valence-electron chi connectivity index (χ1n) is 18.3. The molecule has 9 nitrogen and oxygen atoms in total. The van der Waals surface area contributed by atoms with E-state index in [2.05, 4.69) is 16.3 Å². The number of nitrogens with two attached hydrogens (primary N) is 1. The second kappa shape index (κ2) is 13.4. The van der Waals surface area contributed by atoms with Gasteiger partial charge in [-0.3, -0.25) is 19.7 Å². The van der Waals surface area contributed by atoms with Crippen molar-refractivity contribution >= 4 is 23.3 Å². The molecule has 3 aromatic rings. The number of anilines is 1. The Kier molecular flexibility index (Phi) is 8.87. The SMILES string of the molecule is N#Cc1cc(F)c(N2CCC3(CC2)CC3c2ccc(COc3cccc4c3CC([C@H]3CCC(=O)NC3=O)C4=O)c(F)c2)cc1CCOCC1(N)CC1. The summed E-state index contributed by atoms with van der Waals surface area (Å²) in [5.41, 5.74) is 10.1. The molecule has 0 bridgehead atoms. The zero-order chi connectivity index (χ0) is 36.2. The molecule has 2 aliphatic heterocycles. The monoisotopic (exact) mass is 708 g/mol. The minimum absolute atomic E-state index is 0.0112. The lowest BCUT2D eigenvalue weighted by Gasteiger charge is -2.35. The Bertz CT molecular complexity index is 2000. The number of ether oxygens (including phenoxy) is 2. The minimum atomic E-state index is -0.564. The van der Waals surface area contributed by atoms with Crippen molar-refractivity contribution in [2.24, 2.45) is 23.0 Å². The van der Waals surface area contributed by atoms with Gasteiger partial charge < -0.3 is 20.1 Å². The second-order valence-electron chi connectivity index (χ2n) is 15.5. The van der Waals surface area contributed by atoms with Crippen molar-refractivity contribution in [1.82, 2.24) is 5.32 Å². The maximum atomic E-state index is 15.5. The number of carbonyl (C=O) groups excluding carboxylic acids is 3. The van der Waals surface area contributed by atoms with Crippen LogP contribution in [0.15, 0.2) is 48.5 Å². The Morgan fingerprint density at radius 2 is 1.79 bits per heavy atom. The van der Waals surface area contributed by atoms with Crippen molar-refractivity contribution in [3.05, 3.63) is 93.5 Å². The van der Waals surface area contributed by atoms with Gasteiger partial charge in [0.1, 0.15) is 24.0 Å². The van der Waals surface area contributed by atoms with Crippen LogP contribution in [0.4, 0.5) is 14.5 Å². The van der Waals surface area contributed by atoms with E-state index in [0.717, 1.165) is 43.2 Å². The molecule has 2 heterocycles. The van der Waals surface area contributed by atoms with Gasteiger partial charge in [-0.05, 0) is 98.1 Å². The predicted molar refractivity (Wildman–Crippen MR) is 188 cm³/mol. The van der Waals surface area contributed by atoms with Gasteiger partial charge >= 0.3 is 0 Å². The quantitative estimate of drug-likeness (QED) is 0.193. The van der Waals surface area contributed by atoms with Gasteiger partial charge in [-0.15, -0.1) is 0 Å². The number of nitriles is 1. The molecule has 270 valence electrons. The number of carbonyl (C=O) groups is 3. The summed E-state index contributed by atoms with van der Waals surface area (Å²) in [7, 11) is 0. The van der Waals surface area contributed by atoms with E-state index in [-0.39, 0.29) is 47.4 Å². The summed E-state index contributed by atoms with van der Waals surface area (Å²) in [4.78, 5) is 39.4. The number of benzene rings is 3. The van der Waals surface area contributed by atoms with Crippen LogP contribution >= 0.6 is 0 Å². The third kappa shape index (κ3) is 6.59. The van der Waals surface area contributed by atoms with Crippen LogP contribution in [0, 0.1) is 40.2 Å². The fourth-order valence-corrected chi connectivity index (χ4v) is 8.61. The molecule has 4 fully saturated rings. The van der Waals surface area contributed by atoms with E-state index in [1.807, 2.05) is 6.07 Å². The van der Waals surface area contributed by atoms with Crippen LogP contribution in [0.2, 0.25) is 0 Å². The summed E-state index contributed by atoms with van der Waals surface area (Å²) in [5, 5.41) is 12.0. The Hall–Kier alpha value is -4.66. The minimum Gasteiger partial charge on any atom is -0.488 e. The van der Waals surface area contributed by atoms with Crippen LogP contribution in [0.25, 0.3) is 0 Å². The highest BCUT2D eigenvalue weighted by Crippen LogP contribution is 2.65. The van der Waals surface area contributed by atoms with Crippen LogP contribution in [-0.4, -0.2) is 49.4 Å². The Morgan fingerprint density at radius 1 is 0.981 bits per heavy atom. The van der Waals surface area contributed by atoms with E-state index in [1.54, 1.807) is 36.4 Å². The molecule has 0 radical (unpaired) electrons. The van der Waals surface area contributed by atoms with Gasteiger partial charge in [-0.1, -0.05) is 24.3 Å². The molecule has 2 saturated heterocycles. The number of hydrogen-bond donors (Lipinski definition) is 2. The molecular weight excluding hydrogens is 666 g/mol. The molecule has 3 atom stereocenters. The van der Waals surface area contributed by atoms with Crippen LogP contribution in [-0.2, 0) is 33.8 Å². The summed E-state index contributed by atoms with van der Waals surface area (Å²) in [6, 6.07) is 15.8. The van der Waals surface area contributed by atoms with E-state index in [0.29, 0.717) is 79.3 Å². The maximum Gasteiger partial charge on any atom is 0.230 e. The van der Waals surface area contributed by atoms with Crippen LogP contribution < -0.4 is 20.7 Å². The van der Waals surface area contributed by atoms with Crippen molar-refractivity contribution in [2.75, 3.05) is 31.2 Å². The lowest BCUT2D eigenvalue weighted by molar-refractivity contribution is -0.137. The third-order valence-electron chi connectivity index (χ3n) is 12.2. The van der Waals surface area contributed by atoms with Crippen LogP contribution in [0.5, 0.6) is 5.75 Å². The highest BCUT2D eigenvalue weighted by atomic mass is 19.1. The number of amides is 2. The van der Waals surface area contributed by atoms with Gasteiger partial charge in [-0.2, -0.15) is 5.26 Å². The van der Waals surface area contributed by atoms with Crippen molar-refractivity contribution in [2.45, 2.75) is 75.9 Å². The zero-order valence-electron chi connectivity index (χ0n) is 29.0. The molecular formula is C41H42F2N4O5. The normalized spacial score (nSPS) is 24.0. The lowest BCUT2D eigenvalue weighted by atomic mass is 9.83. The fraction of sp³-hybridized carbons (Fsp3) is 0.463. The summed E-state index contributed by atoms with van der Waals surface area (Å²) in [5.74, 6) is -2.00. The standard InChI is InChI=1S/C41H42F2N4O5/c42-33-16-25(4-5-26(33)22-52-36-3-1-2-28-30(36)19-31(38(28)49)29-6-7-37(48)46-39(29)50)32-20-40(32)11-13-47(14-12-40)35-18-24(27(21-44)17-34(35)43)8-15-51-23-41(45)9-10-41/h1-5,16-18,29,31-32H,6-15,19-20,22-23,45H2,(H,46,48,50)/t29-,31?,32?/m1/s1. The van der Waals surface area contributed by atoms with Crippen molar-refractivity contribution in [3.8, 4) is 11.8 Å². The summed E-state index contributed by atoms with van der Waals surface area (Å²) in [6.07, 6.45) is 5.99. The first-order valence-corrected chi connectivity index (χ1v) is 18.3. The first kappa shape index (κ1) is 34.4. The van der Waals surface area contributed by atoms with Gasteiger partial charge in [0.25, 0.3) is 0 Å². The molecule has 52 heavy (non-hydrogen) atoms. The van der Waals surface area contributed by atoms with E-state index < -0.39 is 23.6 Å². The number of nitrogens with one attached hydrogen (secondary N) is 1. The Labute approximate surface area is 301 Å². The number of piperidine rings is 2. The molecule has 2 saturated carbocycles. The second-order valence-corrected chi connectivity index (χ2v) is 15.5. The molecule has 2 unspecified atom stereocenters. The Balaban J connectivity index is 0.874. The van der Waals surface area contributed by atoms with Gasteiger partial charge in [0.05, 0.1) is 30.5 Å². The fourth-order valence-electron chi connectivity index (χ4n) is 8.61. The molecule has 2 amide bonds. The molecule has 1 spiro atoms. The van der Waals surface area contributed by atoms with Gasteiger partial charge in [0.2, 0.25) is 11.8 Å². The smallest absolute Gasteiger partial charge is 0.230 e. The molecule has 3 aromatic carbocycles. The highest BCUT2D eigenvalue weighted by molar-refractivity contribution is 6.07. The van der Waals surface area contributed by atoms with E-state index in [9.17, 15) is 19.6 Å². The van der Waals surface area contributed by atoms with Gasteiger partial charge in [0, 0.05) is 53.6 Å². The summed E-state index contributed by atoms with van der Waals surface area (Å²) < 4.78 is 42.6. The maximum absolute atomic E-state index is 15.5. The number of nitrogens with zero attached hydrogens (tertiary/aromatic N) is 2. The molecule has 8 rings (SSSR count). The predicted octanol–water partition coefficient (Wildman–Crippen LogP) is 5.65. The molecule has 11 heteroatoms. The van der Waals surface area contributed by atoms with E-state index in [1.165, 1.54) is 6.07 Å². The average Bonchev–Trinajstić information content (AvgIpc) is 4.02. The number of ketones is 1. The summed E-state index contributed by atoms with van der Waals surface area (Å²) >= 11 is 0. The number of rotatable bonds is 11. The van der Waals surface area contributed by atoms with Crippen LogP contribution in [0.3, 0.4) is 0 Å². The summed E-state index contributed by atoms with van der Waals surface area (Å²) in [6.45, 7) is 2.25. The van der Waals surface area contributed by atoms with Gasteiger partial charge in [0.15, 0.2) is 5.78 Å². The molecule has 3 aliphatic carbocycles. The number of halogens is 2. The highest BCUT2D eigenvalue weighted by Gasteiger charge is 2.55. The van der Waals surface area contributed by atoms with Crippen LogP contribution in [0.1, 0.15) is 89.0 Å². The lowest BCUT2D eigenvalue weighted by Crippen LogP contribution is -2.44. The van der Waals surface area contributed by atoms with Gasteiger partial charge in [-0.25, -0.2) is 8.78 Å². The van der Waals surface area contributed by atoms with Crippen molar-refractivity contribution < 1.29 is 32.6 Å². The molecule has 5 aliphatic rings. The van der Waals surface area contributed by atoms with Crippen molar-refractivity contribution in [1.29, 1.82) is 5.26 Å². The zero-order valence-corrected chi connectivity index (χ0v) is 29.0. The Morgan fingerprint density at radius 3 is 2.52 bits per heavy atom. The first-order chi connectivity index (χ1) is 25.1. The molecule has 3 N–H and O–H groups in total. The van der Waals surface area contributed by atoms with E-state index in [4.69, 9.17) is 15.2 Å². The number of Topliss-reactive ketones (excluding diaryl/α,β-unsaturated/α-hetero) is 1. The molecule has 0 aromatic heterocycles. The van der Waals surface area contributed by atoms with Crippen molar-refractivity contribution in [3.63, 3.8) is 0 Å². The topological polar surface area (TPSA) is 135 Å². The number of hydrogen-bond acceptors (Lipinski definition) is 8. The number of fused-ring (bicyclic) bond motifs is 1. The average molecular weight is 709 g/mol. The number of imide groups is 1. The largest absolute Gasteiger partial charge is 0.488 e. The van der Waals surface area contributed by atoms with E-state index >= 15 is 8.78 Å².